The molecule has 0 radical (unpaired) electrons. The van der Waals surface area contributed by atoms with Gasteiger partial charge in [0.05, 0.1) is 6.10 Å². The number of phenolic OH excluding ortho intramolecular Hbond substituents is 1. The molecular weight excluding hydrogens is 406 g/mol. The van der Waals surface area contributed by atoms with Crippen LogP contribution >= 0.6 is 0 Å². The molecule has 3 heteroatoms. The van der Waals surface area contributed by atoms with E-state index in [4.69, 9.17) is 0 Å². The maximum atomic E-state index is 11.1. The Morgan fingerprint density at radius 3 is 2.70 bits per heavy atom. The van der Waals surface area contributed by atoms with Crippen molar-refractivity contribution in [2.24, 2.45) is 22.7 Å². The van der Waals surface area contributed by atoms with Gasteiger partial charge in [-0.15, -0.1) is 6.58 Å². The molecule has 1 aromatic rings. The molecule has 33 heavy (non-hydrogen) atoms. The van der Waals surface area contributed by atoms with Crippen LogP contribution in [0.4, 0.5) is 0 Å². The van der Waals surface area contributed by atoms with E-state index in [0.717, 1.165) is 32.1 Å². The van der Waals surface area contributed by atoms with Crippen LogP contribution in [-0.2, 0) is 6.42 Å². The summed E-state index contributed by atoms with van der Waals surface area (Å²) in [5.74, 6) is 1.97. The number of fused-ring (bicyclic) bond motifs is 5. The molecule has 1 heterocycles. The highest BCUT2D eigenvalue weighted by Gasteiger charge is 2.63. The van der Waals surface area contributed by atoms with Gasteiger partial charge in [0.2, 0.25) is 0 Å². The first kappa shape index (κ1) is 23.4. The third-order valence-electron chi connectivity index (χ3n) is 10.4. The Bertz CT molecular complexity index is 846. The van der Waals surface area contributed by atoms with Crippen LogP contribution in [0.2, 0.25) is 0 Å². The Balaban J connectivity index is 1.33. The van der Waals surface area contributed by atoms with Crippen molar-refractivity contribution < 1.29 is 10.2 Å². The van der Waals surface area contributed by atoms with E-state index in [-0.39, 0.29) is 16.9 Å². The molecule has 1 aliphatic heterocycles. The molecule has 0 unspecified atom stereocenters. The molecular formula is C30H45NO2. The van der Waals surface area contributed by atoms with Crippen molar-refractivity contribution >= 4 is 0 Å². The third-order valence-corrected chi connectivity index (χ3v) is 10.4. The van der Waals surface area contributed by atoms with E-state index in [0.29, 0.717) is 23.5 Å². The van der Waals surface area contributed by atoms with Gasteiger partial charge in [0.15, 0.2) is 0 Å². The van der Waals surface area contributed by atoms with Crippen molar-refractivity contribution in [1.82, 2.24) is 4.90 Å². The molecule has 6 atom stereocenters. The number of aliphatic hydroxyl groups is 1. The maximum absolute atomic E-state index is 11.1. The number of nitrogens with zero attached hydrogens (tertiary/aromatic N) is 1. The van der Waals surface area contributed by atoms with E-state index in [9.17, 15) is 10.2 Å². The monoisotopic (exact) mass is 451 g/mol. The molecule has 2 saturated carbocycles. The normalized spacial score (nSPS) is 38.0. The van der Waals surface area contributed by atoms with E-state index in [1.165, 1.54) is 75.7 Å². The zero-order chi connectivity index (χ0) is 23.1. The number of allylic oxidation sites excluding steroid dienone is 1. The number of aliphatic hydroxyl groups excluding tert-OH is 1. The molecule has 1 aromatic carbocycles. The van der Waals surface area contributed by atoms with Crippen molar-refractivity contribution in [1.29, 1.82) is 0 Å². The SMILES string of the molecule is C=C[C@@]12CCc3cc(O)ccc3[C@H]1[C@@H](CCCCCCN1CCCC1)C[C@@]1(C)[C@H]2CC[C@@H]1O. The number of phenols is 1. The van der Waals surface area contributed by atoms with Gasteiger partial charge in [-0.3, -0.25) is 0 Å². The average Bonchev–Trinajstić information content (AvgIpc) is 3.43. The van der Waals surface area contributed by atoms with Crippen LogP contribution in [0.5, 0.6) is 5.75 Å². The first-order valence-electron chi connectivity index (χ1n) is 13.8. The van der Waals surface area contributed by atoms with E-state index in [1.807, 2.05) is 12.1 Å². The van der Waals surface area contributed by atoms with Crippen LogP contribution in [0.1, 0.15) is 94.6 Å². The van der Waals surface area contributed by atoms with Crippen LogP contribution in [0.15, 0.2) is 30.9 Å². The van der Waals surface area contributed by atoms with Crippen LogP contribution in [-0.4, -0.2) is 40.9 Å². The van der Waals surface area contributed by atoms with Crippen LogP contribution in [0.25, 0.3) is 0 Å². The molecule has 3 aliphatic carbocycles. The highest BCUT2D eigenvalue weighted by molar-refractivity contribution is 5.43. The summed E-state index contributed by atoms with van der Waals surface area (Å²) in [6.07, 6.45) is 16.8. The second kappa shape index (κ2) is 9.38. The van der Waals surface area contributed by atoms with Crippen molar-refractivity contribution in [3.63, 3.8) is 0 Å². The van der Waals surface area contributed by atoms with Gasteiger partial charge in [-0.2, -0.15) is 0 Å². The Morgan fingerprint density at radius 1 is 1.12 bits per heavy atom. The van der Waals surface area contributed by atoms with Gasteiger partial charge in [0, 0.05) is 0 Å². The topological polar surface area (TPSA) is 43.7 Å². The Kier molecular flexibility index (Phi) is 6.66. The fraction of sp³-hybridized carbons (Fsp3) is 0.733. The molecule has 2 N–H and O–H groups in total. The second-order valence-corrected chi connectivity index (χ2v) is 12.0. The minimum absolute atomic E-state index is 0.0134. The molecule has 0 spiro atoms. The summed E-state index contributed by atoms with van der Waals surface area (Å²) >= 11 is 0. The molecule has 5 rings (SSSR count). The van der Waals surface area contributed by atoms with Crippen molar-refractivity contribution in [2.75, 3.05) is 19.6 Å². The fourth-order valence-electron chi connectivity index (χ4n) is 8.79. The van der Waals surface area contributed by atoms with E-state index < -0.39 is 0 Å². The van der Waals surface area contributed by atoms with E-state index in [1.54, 1.807) is 0 Å². The summed E-state index contributed by atoms with van der Waals surface area (Å²) in [5, 5.41) is 21.2. The van der Waals surface area contributed by atoms with Crippen molar-refractivity contribution in [3.05, 3.63) is 42.0 Å². The predicted molar refractivity (Wildman–Crippen MR) is 136 cm³/mol. The third kappa shape index (κ3) is 4.08. The molecule has 3 nitrogen and oxygen atoms in total. The number of benzene rings is 1. The Labute approximate surface area is 201 Å². The summed E-state index contributed by atoms with van der Waals surface area (Å²) < 4.78 is 0. The average molecular weight is 452 g/mol. The second-order valence-electron chi connectivity index (χ2n) is 12.0. The van der Waals surface area contributed by atoms with Crippen molar-refractivity contribution in [2.45, 2.75) is 96.0 Å². The number of aromatic hydroxyl groups is 1. The number of unbranched alkanes of at least 4 members (excludes halogenated alkanes) is 3. The van der Waals surface area contributed by atoms with Gasteiger partial charge >= 0.3 is 0 Å². The standard InChI is InChI=1S/C30H45NO2/c1-3-30-16-15-22-20-24(32)11-12-25(22)28(30)23(21-29(2)26(30)13-14-27(29)33)10-6-4-5-7-17-31-18-8-9-19-31/h3,11-12,20,23,26-28,32-33H,1,4-10,13-19,21H2,2H3/t23-,26+,27-,28+,29-,30-/m0/s1. The molecule has 0 amide bonds. The van der Waals surface area contributed by atoms with Gasteiger partial charge in [0.1, 0.15) is 5.75 Å². The number of likely N-dealkylation sites (tertiary alicyclic amines) is 1. The highest BCUT2D eigenvalue weighted by Crippen LogP contribution is 2.69. The van der Waals surface area contributed by atoms with E-state index >= 15 is 0 Å². The molecule has 1 saturated heterocycles. The smallest absolute Gasteiger partial charge is 0.115 e. The Morgan fingerprint density at radius 2 is 1.91 bits per heavy atom. The number of aryl methyl sites for hydroxylation is 1. The molecule has 0 bridgehead atoms. The van der Waals surface area contributed by atoms with Crippen LogP contribution in [0.3, 0.4) is 0 Å². The van der Waals surface area contributed by atoms with Crippen molar-refractivity contribution in [3.8, 4) is 5.75 Å². The quantitative estimate of drug-likeness (QED) is 0.353. The highest BCUT2D eigenvalue weighted by atomic mass is 16.3. The minimum Gasteiger partial charge on any atom is -0.508 e. The molecule has 3 fully saturated rings. The van der Waals surface area contributed by atoms with Gasteiger partial charge < -0.3 is 15.1 Å². The lowest BCUT2D eigenvalue weighted by Gasteiger charge is -2.60. The number of hydrogen-bond acceptors (Lipinski definition) is 3. The molecule has 4 aliphatic rings. The van der Waals surface area contributed by atoms with Gasteiger partial charge in [-0.05, 0) is 129 Å². The predicted octanol–water partition coefficient (Wildman–Crippen LogP) is 6.44. The number of hydrogen-bond donors (Lipinski definition) is 2. The molecule has 182 valence electrons. The summed E-state index contributed by atoms with van der Waals surface area (Å²) in [5.41, 5.74) is 2.89. The molecule has 0 aromatic heterocycles. The first-order chi connectivity index (χ1) is 16.0. The lowest BCUT2D eigenvalue weighted by Crippen LogP contribution is -2.54. The Hall–Kier alpha value is -1.32. The summed E-state index contributed by atoms with van der Waals surface area (Å²) in [6.45, 7) is 10.7. The lowest BCUT2D eigenvalue weighted by molar-refractivity contribution is -0.0812. The largest absolute Gasteiger partial charge is 0.508 e. The zero-order valence-electron chi connectivity index (χ0n) is 20.8. The van der Waals surface area contributed by atoms with Gasteiger partial charge in [-0.25, -0.2) is 0 Å². The summed E-state index contributed by atoms with van der Waals surface area (Å²) in [4.78, 5) is 2.64. The zero-order valence-corrected chi connectivity index (χ0v) is 20.8. The minimum atomic E-state index is -0.176. The first-order valence-corrected chi connectivity index (χ1v) is 13.8. The number of rotatable bonds is 8. The van der Waals surface area contributed by atoms with Gasteiger partial charge in [0.25, 0.3) is 0 Å². The van der Waals surface area contributed by atoms with E-state index in [2.05, 4.69) is 30.5 Å². The lowest BCUT2D eigenvalue weighted by atomic mass is 9.44. The van der Waals surface area contributed by atoms with Crippen LogP contribution in [0, 0.1) is 22.7 Å². The summed E-state index contributed by atoms with van der Waals surface area (Å²) in [6, 6.07) is 6.11. The summed E-state index contributed by atoms with van der Waals surface area (Å²) in [7, 11) is 0. The fourth-order valence-corrected chi connectivity index (χ4v) is 8.79. The maximum Gasteiger partial charge on any atom is 0.115 e. The van der Waals surface area contributed by atoms with Gasteiger partial charge in [-0.1, -0.05) is 38.3 Å². The van der Waals surface area contributed by atoms with Crippen LogP contribution < -0.4 is 0 Å².